The lowest BCUT2D eigenvalue weighted by molar-refractivity contribution is -0.118. The highest BCUT2D eigenvalue weighted by atomic mass is 35.5. The van der Waals surface area contributed by atoms with E-state index in [1.165, 1.54) is 0 Å². The summed E-state index contributed by atoms with van der Waals surface area (Å²) < 4.78 is 5.33. The predicted molar refractivity (Wildman–Crippen MR) is 74.4 cm³/mol. The number of ether oxygens (including phenoxy) is 1. The van der Waals surface area contributed by atoms with Crippen LogP contribution in [0, 0.1) is 0 Å². The first-order chi connectivity index (χ1) is 8.69. The van der Waals surface area contributed by atoms with E-state index in [2.05, 4.69) is 0 Å². The third-order valence-electron chi connectivity index (χ3n) is 3.04. The fourth-order valence-electron chi connectivity index (χ4n) is 2.06. The Morgan fingerprint density at radius 2 is 2.00 bits per heavy atom. The number of rotatable bonds is 4. The van der Waals surface area contributed by atoms with Crippen LogP contribution in [0.4, 0.5) is 0 Å². The average molecular weight is 263 g/mol. The van der Waals surface area contributed by atoms with E-state index in [0.717, 1.165) is 16.3 Å². The Morgan fingerprint density at radius 1 is 1.28 bits per heavy atom. The van der Waals surface area contributed by atoms with Gasteiger partial charge in [0.1, 0.15) is 11.1 Å². The van der Waals surface area contributed by atoms with Crippen LogP contribution in [0.2, 0.25) is 0 Å². The van der Waals surface area contributed by atoms with E-state index >= 15 is 0 Å². The van der Waals surface area contributed by atoms with Gasteiger partial charge in [-0.1, -0.05) is 37.3 Å². The van der Waals surface area contributed by atoms with Gasteiger partial charge in [-0.15, -0.1) is 11.6 Å². The molecule has 1 atom stereocenters. The summed E-state index contributed by atoms with van der Waals surface area (Å²) in [6, 6.07) is 11.7. The molecule has 0 fully saturated rings. The van der Waals surface area contributed by atoms with Crippen molar-refractivity contribution in [1.29, 1.82) is 0 Å². The highest BCUT2D eigenvalue weighted by Gasteiger charge is 2.22. The van der Waals surface area contributed by atoms with Gasteiger partial charge < -0.3 is 4.74 Å². The third-order valence-corrected chi connectivity index (χ3v) is 3.50. The van der Waals surface area contributed by atoms with Crippen LogP contribution < -0.4 is 4.74 Å². The Morgan fingerprint density at radius 3 is 2.67 bits per heavy atom. The van der Waals surface area contributed by atoms with Crippen molar-refractivity contribution in [3.63, 3.8) is 0 Å². The summed E-state index contributed by atoms with van der Waals surface area (Å²) in [6.07, 6.45) is 0.417. The van der Waals surface area contributed by atoms with Gasteiger partial charge in [-0.25, -0.2) is 0 Å². The van der Waals surface area contributed by atoms with Crippen LogP contribution in [-0.4, -0.2) is 12.9 Å². The van der Waals surface area contributed by atoms with Crippen molar-refractivity contribution in [2.75, 3.05) is 7.11 Å². The molecule has 2 aromatic rings. The van der Waals surface area contributed by atoms with Crippen molar-refractivity contribution in [2.24, 2.45) is 0 Å². The highest BCUT2D eigenvalue weighted by molar-refractivity contribution is 6.32. The average Bonchev–Trinajstić information content (AvgIpc) is 2.44. The van der Waals surface area contributed by atoms with Crippen molar-refractivity contribution in [3.05, 3.63) is 42.0 Å². The highest BCUT2D eigenvalue weighted by Crippen LogP contribution is 2.37. The summed E-state index contributed by atoms with van der Waals surface area (Å²) in [5, 5.41) is 1.37. The molecular weight excluding hydrogens is 248 g/mol. The number of ketones is 1. The number of benzene rings is 2. The Kier molecular flexibility index (Phi) is 3.87. The summed E-state index contributed by atoms with van der Waals surface area (Å²) in [5.74, 6) is 0.668. The lowest BCUT2D eigenvalue weighted by atomic mass is 9.98. The largest absolute Gasteiger partial charge is 0.496 e. The Balaban J connectivity index is 2.68. The molecule has 94 valence electrons. The molecule has 0 aliphatic rings. The smallest absolute Gasteiger partial charge is 0.155 e. The van der Waals surface area contributed by atoms with Crippen LogP contribution in [0.15, 0.2) is 36.4 Å². The summed E-state index contributed by atoms with van der Waals surface area (Å²) in [4.78, 5) is 11.8. The van der Waals surface area contributed by atoms with Crippen LogP contribution in [0.5, 0.6) is 5.75 Å². The number of carbonyl (C=O) groups is 1. The summed E-state index contributed by atoms with van der Waals surface area (Å²) in [6.45, 7) is 1.81. The Labute approximate surface area is 112 Å². The van der Waals surface area contributed by atoms with Gasteiger partial charge in [-0.3, -0.25) is 4.79 Å². The van der Waals surface area contributed by atoms with Crippen molar-refractivity contribution in [2.45, 2.75) is 18.7 Å². The second kappa shape index (κ2) is 5.40. The fourth-order valence-corrected chi connectivity index (χ4v) is 2.43. The Hall–Kier alpha value is -1.54. The van der Waals surface area contributed by atoms with Crippen LogP contribution in [0.1, 0.15) is 24.3 Å². The first kappa shape index (κ1) is 12.9. The van der Waals surface area contributed by atoms with Crippen molar-refractivity contribution < 1.29 is 9.53 Å². The van der Waals surface area contributed by atoms with E-state index in [1.54, 1.807) is 7.11 Å². The second-order valence-electron chi connectivity index (χ2n) is 4.09. The molecule has 0 bridgehead atoms. The standard InChI is InChI=1S/C15H15ClO2/c1-3-12(17)15(16)14-11-7-5-4-6-10(11)8-9-13(14)18-2/h4-9,15H,3H2,1-2H3. The van der Waals surface area contributed by atoms with Crippen molar-refractivity contribution >= 4 is 28.2 Å². The van der Waals surface area contributed by atoms with Gasteiger partial charge >= 0.3 is 0 Å². The number of halogens is 1. The lowest BCUT2D eigenvalue weighted by Crippen LogP contribution is -2.07. The lowest BCUT2D eigenvalue weighted by Gasteiger charge is -2.15. The topological polar surface area (TPSA) is 26.3 Å². The number of methoxy groups -OCH3 is 1. The number of carbonyl (C=O) groups excluding carboxylic acids is 1. The molecule has 0 aliphatic carbocycles. The Bertz CT molecular complexity index is 578. The number of hydrogen-bond acceptors (Lipinski definition) is 2. The minimum atomic E-state index is -0.656. The van der Waals surface area contributed by atoms with E-state index in [1.807, 2.05) is 43.3 Å². The molecule has 0 N–H and O–H groups in total. The van der Waals surface area contributed by atoms with Gasteiger partial charge in [0, 0.05) is 12.0 Å². The number of hydrogen-bond donors (Lipinski definition) is 0. The number of fused-ring (bicyclic) bond motifs is 1. The van der Waals surface area contributed by atoms with E-state index < -0.39 is 5.38 Å². The second-order valence-corrected chi connectivity index (χ2v) is 4.52. The van der Waals surface area contributed by atoms with E-state index in [-0.39, 0.29) is 5.78 Å². The predicted octanol–water partition coefficient (Wildman–Crippen LogP) is 4.11. The molecule has 2 rings (SSSR count). The molecule has 0 amide bonds. The van der Waals surface area contributed by atoms with Gasteiger partial charge in [0.25, 0.3) is 0 Å². The normalized spacial score (nSPS) is 12.4. The molecule has 0 heterocycles. The molecule has 18 heavy (non-hydrogen) atoms. The van der Waals surface area contributed by atoms with Gasteiger partial charge in [0.15, 0.2) is 5.78 Å². The molecule has 2 aromatic carbocycles. The van der Waals surface area contributed by atoms with Gasteiger partial charge in [-0.05, 0) is 16.8 Å². The first-order valence-corrected chi connectivity index (χ1v) is 6.35. The van der Waals surface area contributed by atoms with Crippen LogP contribution >= 0.6 is 11.6 Å². The minimum Gasteiger partial charge on any atom is -0.496 e. The van der Waals surface area contributed by atoms with Crippen molar-refractivity contribution in [3.8, 4) is 5.75 Å². The van der Waals surface area contributed by atoms with E-state index in [9.17, 15) is 4.79 Å². The molecule has 2 nitrogen and oxygen atoms in total. The zero-order chi connectivity index (χ0) is 13.1. The number of alkyl halides is 1. The summed E-state index contributed by atoms with van der Waals surface area (Å²) in [7, 11) is 1.59. The molecule has 0 aliphatic heterocycles. The maximum absolute atomic E-state index is 11.8. The molecule has 0 spiro atoms. The fraction of sp³-hybridized carbons (Fsp3) is 0.267. The molecule has 0 saturated carbocycles. The quantitative estimate of drug-likeness (QED) is 0.775. The SMILES string of the molecule is CCC(=O)C(Cl)c1c(OC)ccc2ccccc12. The number of Topliss-reactive ketones (excluding diaryl/α,β-unsaturated/α-hetero) is 1. The monoisotopic (exact) mass is 262 g/mol. The van der Waals surface area contributed by atoms with Crippen LogP contribution in [-0.2, 0) is 4.79 Å². The minimum absolute atomic E-state index is 0.00585. The molecule has 0 radical (unpaired) electrons. The zero-order valence-electron chi connectivity index (χ0n) is 10.4. The first-order valence-electron chi connectivity index (χ1n) is 5.91. The third kappa shape index (κ3) is 2.21. The molecule has 0 saturated heterocycles. The molecule has 1 unspecified atom stereocenters. The maximum atomic E-state index is 11.8. The van der Waals surface area contributed by atoms with E-state index in [0.29, 0.717) is 12.2 Å². The maximum Gasteiger partial charge on any atom is 0.155 e. The van der Waals surface area contributed by atoms with Crippen LogP contribution in [0.3, 0.4) is 0 Å². The summed E-state index contributed by atoms with van der Waals surface area (Å²) >= 11 is 6.29. The molecule has 0 aromatic heterocycles. The molecular formula is C15H15ClO2. The zero-order valence-corrected chi connectivity index (χ0v) is 11.2. The summed E-state index contributed by atoms with van der Waals surface area (Å²) in [5.41, 5.74) is 0.768. The van der Waals surface area contributed by atoms with Crippen LogP contribution in [0.25, 0.3) is 10.8 Å². The van der Waals surface area contributed by atoms with Crippen molar-refractivity contribution in [1.82, 2.24) is 0 Å². The van der Waals surface area contributed by atoms with Gasteiger partial charge in [0.2, 0.25) is 0 Å². The van der Waals surface area contributed by atoms with E-state index in [4.69, 9.17) is 16.3 Å². The molecule has 3 heteroatoms. The van der Waals surface area contributed by atoms with Gasteiger partial charge in [-0.2, -0.15) is 0 Å². The van der Waals surface area contributed by atoms with Gasteiger partial charge in [0.05, 0.1) is 7.11 Å².